The fourth-order valence-corrected chi connectivity index (χ4v) is 4.45. The molecule has 120 valence electrons. The minimum Gasteiger partial charge on any atom is -0.325 e. The van der Waals surface area contributed by atoms with Gasteiger partial charge in [0.25, 0.3) is 0 Å². The molecule has 2 aromatic carbocycles. The second-order valence-electron chi connectivity index (χ2n) is 5.73. The molecule has 0 saturated heterocycles. The summed E-state index contributed by atoms with van der Waals surface area (Å²) in [6, 6.07) is 14.2. The molecule has 1 aromatic heterocycles. The van der Waals surface area contributed by atoms with Crippen LogP contribution in [0.5, 0.6) is 0 Å². The van der Waals surface area contributed by atoms with Gasteiger partial charge in [0.15, 0.2) is 0 Å². The minimum atomic E-state index is -0.294. The first-order valence-electron chi connectivity index (χ1n) is 7.55. The fraction of sp³-hybridized carbons (Fsp3) is 0.105. The molecule has 0 saturated carbocycles. The SMILES string of the molecule is O=C1CC(c2cccc(Cl)c2)c2scc(-c3ccccc3F)c2N1. The van der Waals surface area contributed by atoms with E-state index in [1.807, 2.05) is 29.6 Å². The van der Waals surface area contributed by atoms with Gasteiger partial charge in [-0.25, -0.2) is 4.39 Å². The number of anilines is 1. The Morgan fingerprint density at radius 2 is 1.96 bits per heavy atom. The zero-order valence-corrected chi connectivity index (χ0v) is 14.1. The van der Waals surface area contributed by atoms with Crippen LogP contribution in [0.4, 0.5) is 10.1 Å². The topological polar surface area (TPSA) is 29.1 Å². The average Bonchev–Trinajstić information content (AvgIpc) is 2.98. The molecule has 1 amide bonds. The van der Waals surface area contributed by atoms with E-state index in [2.05, 4.69) is 5.32 Å². The van der Waals surface area contributed by atoms with E-state index in [9.17, 15) is 9.18 Å². The van der Waals surface area contributed by atoms with Crippen molar-refractivity contribution in [2.24, 2.45) is 0 Å². The van der Waals surface area contributed by atoms with Crippen molar-refractivity contribution in [3.8, 4) is 11.1 Å². The van der Waals surface area contributed by atoms with Crippen LogP contribution in [0.15, 0.2) is 53.9 Å². The van der Waals surface area contributed by atoms with Crippen molar-refractivity contribution in [2.75, 3.05) is 5.32 Å². The Labute approximate surface area is 147 Å². The van der Waals surface area contributed by atoms with Crippen molar-refractivity contribution in [3.63, 3.8) is 0 Å². The predicted octanol–water partition coefficient (Wildman–Crippen LogP) is 5.68. The summed E-state index contributed by atoms with van der Waals surface area (Å²) in [4.78, 5) is 13.3. The van der Waals surface area contributed by atoms with E-state index in [1.54, 1.807) is 29.5 Å². The minimum absolute atomic E-state index is 0.0574. The van der Waals surface area contributed by atoms with Crippen molar-refractivity contribution in [2.45, 2.75) is 12.3 Å². The van der Waals surface area contributed by atoms with Crippen LogP contribution in [0.1, 0.15) is 22.8 Å². The van der Waals surface area contributed by atoms with Crippen molar-refractivity contribution in [1.82, 2.24) is 0 Å². The maximum Gasteiger partial charge on any atom is 0.225 e. The van der Waals surface area contributed by atoms with Crippen molar-refractivity contribution in [1.29, 1.82) is 0 Å². The maximum absolute atomic E-state index is 14.2. The quantitative estimate of drug-likeness (QED) is 0.628. The average molecular weight is 358 g/mol. The number of carbonyl (C=O) groups excluding carboxylic acids is 1. The Kier molecular flexibility index (Phi) is 3.87. The van der Waals surface area contributed by atoms with E-state index in [1.165, 1.54) is 6.07 Å². The standard InChI is InChI=1S/C19H13ClFNOS/c20-12-5-3-4-11(8-12)14-9-17(23)22-18-15(10-24-19(14)18)13-6-1-2-7-16(13)21/h1-8,10,14H,9H2,(H,22,23). The third-order valence-electron chi connectivity index (χ3n) is 4.20. The molecule has 1 aliphatic rings. The molecule has 0 radical (unpaired) electrons. The molecule has 1 unspecified atom stereocenters. The normalized spacial score (nSPS) is 16.6. The molecule has 2 nitrogen and oxygen atoms in total. The number of halogens is 2. The van der Waals surface area contributed by atoms with Crippen LogP contribution in [-0.2, 0) is 4.79 Å². The van der Waals surface area contributed by atoms with Gasteiger partial charge >= 0.3 is 0 Å². The molecule has 0 spiro atoms. The number of thiophene rings is 1. The highest BCUT2D eigenvalue weighted by atomic mass is 35.5. The number of nitrogens with one attached hydrogen (secondary N) is 1. The molecule has 0 aliphatic carbocycles. The van der Waals surface area contributed by atoms with E-state index < -0.39 is 0 Å². The van der Waals surface area contributed by atoms with Crippen molar-refractivity contribution < 1.29 is 9.18 Å². The molecule has 5 heteroatoms. The van der Waals surface area contributed by atoms with Crippen LogP contribution < -0.4 is 5.32 Å². The van der Waals surface area contributed by atoms with Gasteiger partial charge in [-0.3, -0.25) is 4.79 Å². The lowest BCUT2D eigenvalue weighted by molar-refractivity contribution is -0.116. The van der Waals surface area contributed by atoms with E-state index in [4.69, 9.17) is 11.6 Å². The third-order valence-corrected chi connectivity index (χ3v) is 5.54. The number of hydrogen-bond donors (Lipinski definition) is 1. The number of fused-ring (bicyclic) bond motifs is 1. The Hall–Kier alpha value is -2.17. The Balaban J connectivity index is 1.85. The van der Waals surface area contributed by atoms with Gasteiger partial charge in [0.05, 0.1) is 5.69 Å². The Bertz CT molecular complexity index is 937. The van der Waals surface area contributed by atoms with E-state index >= 15 is 0 Å². The van der Waals surface area contributed by atoms with Gasteiger partial charge in [0.1, 0.15) is 5.82 Å². The lowest BCUT2D eigenvalue weighted by Gasteiger charge is -2.24. The van der Waals surface area contributed by atoms with Gasteiger partial charge in [-0.05, 0) is 23.8 Å². The van der Waals surface area contributed by atoms with Gasteiger partial charge in [-0.2, -0.15) is 0 Å². The monoisotopic (exact) mass is 357 g/mol. The van der Waals surface area contributed by atoms with Crippen LogP contribution in [0, 0.1) is 5.82 Å². The summed E-state index contributed by atoms with van der Waals surface area (Å²) in [5.74, 6) is -0.418. The Morgan fingerprint density at radius 1 is 1.12 bits per heavy atom. The molecule has 1 atom stereocenters. The molecule has 0 fully saturated rings. The van der Waals surface area contributed by atoms with Crippen LogP contribution in [-0.4, -0.2) is 5.91 Å². The Morgan fingerprint density at radius 3 is 2.75 bits per heavy atom. The van der Waals surface area contributed by atoms with Gasteiger partial charge in [0, 0.05) is 38.7 Å². The lowest BCUT2D eigenvalue weighted by atomic mass is 9.89. The summed E-state index contributed by atoms with van der Waals surface area (Å²) in [6.07, 6.45) is 0.366. The summed E-state index contributed by atoms with van der Waals surface area (Å²) in [7, 11) is 0. The maximum atomic E-state index is 14.2. The summed E-state index contributed by atoms with van der Waals surface area (Å²) in [5.41, 5.74) is 2.95. The summed E-state index contributed by atoms with van der Waals surface area (Å²) >= 11 is 7.64. The molecule has 24 heavy (non-hydrogen) atoms. The van der Waals surface area contributed by atoms with Crippen molar-refractivity contribution >= 4 is 34.5 Å². The number of carbonyl (C=O) groups is 1. The molecular weight excluding hydrogens is 345 g/mol. The van der Waals surface area contributed by atoms with Gasteiger partial charge in [-0.15, -0.1) is 11.3 Å². The second kappa shape index (κ2) is 6.04. The van der Waals surface area contributed by atoms with Crippen LogP contribution in [0.25, 0.3) is 11.1 Å². The van der Waals surface area contributed by atoms with Gasteiger partial charge < -0.3 is 5.32 Å². The molecule has 0 bridgehead atoms. The molecule has 4 rings (SSSR count). The summed E-state index contributed by atoms with van der Waals surface area (Å²) < 4.78 is 14.2. The van der Waals surface area contributed by atoms with E-state index in [0.717, 1.165) is 16.0 Å². The molecule has 3 aromatic rings. The van der Waals surface area contributed by atoms with Crippen LogP contribution in [0.2, 0.25) is 5.02 Å². The highest BCUT2D eigenvalue weighted by Crippen LogP contribution is 2.47. The number of hydrogen-bond acceptors (Lipinski definition) is 2. The zero-order chi connectivity index (χ0) is 16.7. The largest absolute Gasteiger partial charge is 0.325 e. The molecule has 2 heterocycles. The van der Waals surface area contributed by atoms with Gasteiger partial charge in [-0.1, -0.05) is 41.9 Å². The fourth-order valence-electron chi connectivity index (χ4n) is 3.10. The molecule has 1 N–H and O–H groups in total. The number of amides is 1. The van der Waals surface area contributed by atoms with Crippen LogP contribution >= 0.6 is 22.9 Å². The number of rotatable bonds is 2. The zero-order valence-electron chi connectivity index (χ0n) is 12.6. The lowest BCUT2D eigenvalue weighted by Crippen LogP contribution is -2.22. The first kappa shape index (κ1) is 15.4. The smallest absolute Gasteiger partial charge is 0.225 e. The predicted molar refractivity (Wildman–Crippen MR) is 96.3 cm³/mol. The highest BCUT2D eigenvalue weighted by molar-refractivity contribution is 7.11. The number of benzene rings is 2. The first-order chi connectivity index (χ1) is 11.6. The molecular formula is C19H13ClFNOS. The van der Waals surface area contributed by atoms with Crippen LogP contribution in [0.3, 0.4) is 0 Å². The summed E-state index contributed by atoms with van der Waals surface area (Å²) in [6.45, 7) is 0. The van der Waals surface area contributed by atoms with Gasteiger partial charge in [0.2, 0.25) is 5.91 Å². The van der Waals surface area contributed by atoms with E-state index in [0.29, 0.717) is 22.7 Å². The summed E-state index contributed by atoms with van der Waals surface area (Å²) in [5, 5.41) is 5.47. The van der Waals surface area contributed by atoms with Crippen molar-refractivity contribution in [3.05, 3.63) is 75.2 Å². The first-order valence-corrected chi connectivity index (χ1v) is 8.81. The highest BCUT2D eigenvalue weighted by Gasteiger charge is 2.30. The second-order valence-corrected chi connectivity index (χ2v) is 7.08. The van der Waals surface area contributed by atoms with E-state index in [-0.39, 0.29) is 17.6 Å². The molecule has 1 aliphatic heterocycles. The third kappa shape index (κ3) is 2.62.